The van der Waals surface area contributed by atoms with Crippen molar-refractivity contribution in [2.75, 3.05) is 0 Å². The molecule has 0 aromatic carbocycles. The number of pyridine rings is 1. The lowest BCUT2D eigenvalue weighted by atomic mass is 10.0. The van der Waals surface area contributed by atoms with Crippen LogP contribution in [0, 0.1) is 5.92 Å². The summed E-state index contributed by atoms with van der Waals surface area (Å²) >= 11 is 0. The van der Waals surface area contributed by atoms with Gasteiger partial charge in [0.2, 0.25) is 0 Å². The van der Waals surface area contributed by atoms with Crippen molar-refractivity contribution in [2.45, 2.75) is 46.1 Å². The predicted octanol–water partition coefficient (Wildman–Crippen LogP) is 2.90. The van der Waals surface area contributed by atoms with Crippen molar-refractivity contribution >= 4 is 0 Å². The van der Waals surface area contributed by atoms with Crippen LogP contribution in [-0.2, 0) is 12.0 Å². The van der Waals surface area contributed by atoms with E-state index in [1.165, 1.54) is 0 Å². The molecular formula is C13H21NO. The van der Waals surface area contributed by atoms with E-state index in [0.29, 0.717) is 5.92 Å². The van der Waals surface area contributed by atoms with E-state index in [2.05, 4.69) is 18.8 Å². The highest BCUT2D eigenvalue weighted by Crippen LogP contribution is 2.18. The van der Waals surface area contributed by atoms with E-state index in [-0.39, 0.29) is 0 Å². The van der Waals surface area contributed by atoms with Gasteiger partial charge >= 0.3 is 0 Å². The van der Waals surface area contributed by atoms with E-state index >= 15 is 0 Å². The van der Waals surface area contributed by atoms with Crippen LogP contribution in [-0.4, -0.2) is 10.1 Å². The van der Waals surface area contributed by atoms with Crippen LogP contribution < -0.4 is 0 Å². The Morgan fingerprint density at radius 2 is 2.00 bits per heavy atom. The smallest absolute Gasteiger partial charge is 0.101 e. The molecule has 0 unspecified atom stereocenters. The third-order valence-corrected chi connectivity index (χ3v) is 2.41. The van der Waals surface area contributed by atoms with E-state index < -0.39 is 5.60 Å². The highest BCUT2D eigenvalue weighted by Gasteiger charge is 2.17. The molecule has 1 heterocycles. The molecule has 84 valence electrons. The van der Waals surface area contributed by atoms with Gasteiger partial charge in [0.25, 0.3) is 0 Å². The van der Waals surface area contributed by atoms with Crippen molar-refractivity contribution in [3.05, 3.63) is 29.6 Å². The molecule has 0 radical (unpaired) electrons. The highest BCUT2D eigenvalue weighted by atomic mass is 16.3. The molecule has 1 rings (SSSR count). The lowest BCUT2D eigenvalue weighted by molar-refractivity contribution is 0.0736. The summed E-state index contributed by atoms with van der Waals surface area (Å²) in [4.78, 5) is 4.47. The Bertz CT molecular complexity index is 313. The van der Waals surface area contributed by atoms with E-state index in [4.69, 9.17) is 0 Å². The van der Waals surface area contributed by atoms with E-state index in [1.807, 2.05) is 18.2 Å². The minimum atomic E-state index is -0.839. The maximum atomic E-state index is 9.83. The standard InChI is InChI=1S/C13H21NO/c1-10(2)8-9-11-6-5-7-12(14-11)13(3,4)15/h5-7,10,15H,8-9H2,1-4H3. The molecule has 0 bridgehead atoms. The third-order valence-electron chi connectivity index (χ3n) is 2.41. The van der Waals surface area contributed by atoms with Gasteiger partial charge in [-0.15, -0.1) is 0 Å². The van der Waals surface area contributed by atoms with Gasteiger partial charge in [0, 0.05) is 5.69 Å². The molecule has 0 aliphatic rings. The van der Waals surface area contributed by atoms with Crippen LogP contribution in [0.4, 0.5) is 0 Å². The second-order valence-electron chi connectivity index (χ2n) is 5.01. The molecule has 1 aromatic heterocycles. The fourth-order valence-electron chi connectivity index (χ4n) is 1.40. The Balaban J connectivity index is 2.75. The molecule has 2 nitrogen and oxygen atoms in total. The van der Waals surface area contributed by atoms with Gasteiger partial charge in [-0.05, 0) is 44.7 Å². The molecule has 0 amide bonds. The second-order valence-corrected chi connectivity index (χ2v) is 5.01. The quantitative estimate of drug-likeness (QED) is 0.823. The highest BCUT2D eigenvalue weighted by molar-refractivity contribution is 5.15. The van der Waals surface area contributed by atoms with Gasteiger partial charge in [-0.3, -0.25) is 4.98 Å². The Kier molecular flexibility index (Phi) is 3.86. The summed E-state index contributed by atoms with van der Waals surface area (Å²) in [5.41, 5.74) is 0.987. The minimum Gasteiger partial charge on any atom is -0.384 e. The summed E-state index contributed by atoms with van der Waals surface area (Å²) < 4.78 is 0. The first-order valence-electron chi connectivity index (χ1n) is 5.58. The Morgan fingerprint density at radius 3 is 2.53 bits per heavy atom. The van der Waals surface area contributed by atoms with Gasteiger partial charge < -0.3 is 5.11 Å². The van der Waals surface area contributed by atoms with Crippen molar-refractivity contribution < 1.29 is 5.11 Å². The van der Waals surface area contributed by atoms with Crippen LogP contribution in [0.5, 0.6) is 0 Å². The summed E-state index contributed by atoms with van der Waals surface area (Å²) in [6.45, 7) is 7.95. The van der Waals surface area contributed by atoms with Crippen molar-refractivity contribution in [3.8, 4) is 0 Å². The molecule has 1 N–H and O–H groups in total. The Hall–Kier alpha value is -0.890. The molecule has 2 heteroatoms. The SMILES string of the molecule is CC(C)CCc1cccc(C(C)(C)O)n1. The van der Waals surface area contributed by atoms with Gasteiger partial charge in [-0.25, -0.2) is 0 Å². The van der Waals surface area contributed by atoms with Gasteiger partial charge in [0.15, 0.2) is 0 Å². The molecule has 0 spiro atoms. The summed E-state index contributed by atoms with van der Waals surface area (Å²) in [6, 6.07) is 5.87. The van der Waals surface area contributed by atoms with Crippen LogP contribution in [0.3, 0.4) is 0 Å². The van der Waals surface area contributed by atoms with Crippen molar-refractivity contribution in [2.24, 2.45) is 5.92 Å². The van der Waals surface area contributed by atoms with Gasteiger partial charge in [0.05, 0.1) is 5.69 Å². The lowest BCUT2D eigenvalue weighted by Crippen LogP contribution is -2.18. The van der Waals surface area contributed by atoms with E-state index in [1.54, 1.807) is 13.8 Å². The average molecular weight is 207 g/mol. The summed E-state index contributed by atoms with van der Waals surface area (Å²) in [5, 5.41) is 9.83. The first kappa shape index (κ1) is 12.2. The van der Waals surface area contributed by atoms with Crippen molar-refractivity contribution in [1.29, 1.82) is 0 Å². The first-order chi connectivity index (χ1) is 6.89. The number of hydrogen-bond donors (Lipinski definition) is 1. The fourth-order valence-corrected chi connectivity index (χ4v) is 1.40. The first-order valence-corrected chi connectivity index (χ1v) is 5.58. The maximum Gasteiger partial charge on any atom is 0.101 e. The number of aryl methyl sites for hydroxylation is 1. The number of aliphatic hydroxyl groups is 1. The predicted molar refractivity (Wildman–Crippen MR) is 62.6 cm³/mol. The van der Waals surface area contributed by atoms with Crippen molar-refractivity contribution in [3.63, 3.8) is 0 Å². The van der Waals surface area contributed by atoms with Gasteiger partial charge in [-0.2, -0.15) is 0 Å². The second kappa shape index (κ2) is 4.75. The van der Waals surface area contributed by atoms with E-state index in [9.17, 15) is 5.11 Å². The molecule has 1 aromatic rings. The number of rotatable bonds is 4. The summed E-state index contributed by atoms with van der Waals surface area (Å²) in [5.74, 6) is 0.692. The number of nitrogens with zero attached hydrogens (tertiary/aromatic N) is 1. The zero-order chi connectivity index (χ0) is 11.5. The maximum absolute atomic E-state index is 9.83. The number of hydrogen-bond acceptors (Lipinski definition) is 2. The largest absolute Gasteiger partial charge is 0.384 e. The van der Waals surface area contributed by atoms with Crippen LogP contribution in [0.25, 0.3) is 0 Å². The fraction of sp³-hybridized carbons (Fsp3) is 0.615. The molecule has 0 aliphatic carbocycles. The van der Waals surface area contributed by atoms with Crippen LogP contribution >= 0.6 is 0 Å². The van der Waals surface area contributed by atoms with Gasteiger partial charge in [-0.1, -0.05) is 19.9 Å². The number of aromatic nitrogens is 1. The molecule has 0 saturated carbocycles. The molecule has 0 aliphatic heterocycles. The minimum absolute atomic E-state index is 0.692. The molecule has 0 atom stereocenters. The Labute approximate surface area is 92.4 Å². The molecule has 15 heavy (non-hydrogen) atoms. The zero-order valence-corrected chi connectivity index (χ0v) is 10.1. The third kappa shape index (κ3) is 4.00. The van der Waals surface area contributed by atoms with Crippen LogP contribution in [0.2, 0.25) is 0 Å². The topological polar surface area (TPSA) is 33.1 Å². The monoisotopic (exact) mass is 207 g/mol. The van der Waals surface area contributed by atoms with Crippen LogP contribution in [0.15, 0.2) is 18.2 Å². The molecular weight excluding hydrogens is 186 g/mol. The summed E-state index contributed by atoms with van der Waals surface area (Å²) in [6.07, 6.45) is 2.13. The van der Waals surface area contributed by atoms with Gasteiger partial charge in [0.1, 0.15) is 5.60 Å². The van der Waals surface area contributed by atoms with Crippen LogP contribution in [0.1, 0.15) is 45.5 Å². The summed E-state index contributed by atoms with van der Waals surface area (Å²) in [7, 11) is 0. The Morgan fingerprint density at radius 1 is 1.33 bits per heavy atom. The normalized spacial score (nSPS) is 12.1. The van der Waals surface area contributed by atoms with Crippen molar-refractivity contribution in [1.82, 2.24) is 4.98 Å². The average Bonchev–Trinajstić information content (AvgIpc) is 2.14. The van der Waals surface area contributed by atoms with E-state index in [0.717, 1.165) is 24.2 Å². The molecule has 0 saturated heterocycles. The zero-order valence-electron chi connectivity index (χ0n) is 10.1. The lowest BCUT2D eigenvalue weighted by Gasteiger charge is -2.17. The molecule has 0 fully saturated rings.